The van der Waals surface area contributed by atoms with Gasteiger partial charge >= 0.3 is 0 Å². The van der Waals surface area contributed by atoms with Crippen molar-refractivity contribution in [3.63, 3.8) is 0 Å². The van der Waals surface area contributed by atoms with Gasteiger partial charge in [-0.3, -0.25) is 4.99 Å². The van der Waals surface area contributed by atoms with Crippen molar-refractivity contribution in [2.45, 2.75) is 33.6 Å². The van der Waals surface area contributed by atoms with Gasteiger partial charge in [0.25, 0.3) is 0 Å². The van der Waals surface area contributed by atoms with E-state index in [4.69, 9.17) is 5.73 Å². The number of aliphatic imine (C=N–C) groups is 1. The number of nitrogens with two attached hydrogens (primary N) is 1. The summed E-state index contributed by atoms with van der Waals surface area (Å²) >= 11 is 0. The molecule has 0 aromatic rings. The van der Waals surface area contributed by atoms with Crippen molar-refractivity contribution in [1.82, 2.24) is 4.90 Å². The minimum Gasteiger partial charge on any atom is -0.387 e. The van der Waals surface area contributed by atoms with Crippen LogP contribution in [0, 0.1) is 11.3 Å². The summed E-state index contributed by atoms with van der Waals surface area (Å²) in [5, 5.41) is 0. The van der Waals surface area contributed by atoms with Crippen LogP contribution in [-0.4, -0.2) is 37.4 Å². The van der Waals surface area contributed by atoms with Crippen LogP contribution in [0.2, 0.25) is 0 Å². The van der Waals surface area contributed by atoms with Crippen LogP contribution in [0.5, 0.6) is 0 Å². The molecule has 2 N–H and O–H groups in total. The predicted molar refractivity (Wildman–Crippen MR) is 66.2 cm³/mol. The van der Waals surface area contributed by atoms with Gasteiger partial charge < -0.3 is 10.6 Å². The summed E-state index contributed by atoms with van der Waals surface area (Å²) in [7, 11) is 2.18. The highest BCUT2D eigenvalue weighted by atomic mass is 15.1. The van der Waals surface area contributed by atoms with Crippen molar-refractivity contribution in [1.29, 1.82) is 0 Å². The van der Waals surface area contributed by atoms with E-state index in [-0.39, 0.29) is 5.41 Å². The molecule has 1 saturated heterocycles. The Bertz CT molecular complexity index is 228. The third-order valence-corrected chi connectivity index (χ3v) is 3.01. The summed E-state index contributed by atoms with van der Waals surface area (Å²) in [5.41, 5.74) is 5.95. The average Bonchev–Trinajstić information content (AvgIpc) is 2.12. The summed E-state index contributed by atoms with van der Waals surface area (Å²) < 4.78 is 0. The summed E-state index contributed by atoms with van der Waals surface area (Å²) in [6.45, 7) is 9.62. The number of likely N-dealkylation sites (tertiary alicyclic amines) is 1. The molecule has 0 aromatic heterocycles. The Balaban J connectivity index is 2.42. The molecule has 0 amide bonds. The van der Waals surface area contributed by atoms with E-state index in [1.807, 2.05) is 0 Å². The van der Waals surface area contributed by atoms with E-state index < -0.39 is 0 Å². The Labute approximate surface area is 93.7 Å². The molecule has 3 nitrogen and oxygen atoms in total. The molecule has 1 rings (SSSR count). The van der Waals surface area contributed by atoms with Crippen LogP contribution >= 0.6 is 0 Å². The van der Waals surface area contributed by atoms with Gasteiger partial charge in [-0.1, -0.05) is 20.8 Å². The molecule has 0 spiro atoms. The van der Waals surface area contributed by atoms with Gasteiger partial charge in [0.05, 0.1) is 5.84 Å². The van der Waals surface area contributed by atoms with Gasteiger partial charge in [0.15, 0.2) is 0 Å². The molecular weight excluding hydrogens is 186 g/mol. The molecule has 88 valence electrons. The topological polar surface area (TPSA) is 41.6 Å². The normalized spacial score (nSPS) is 25.6. The summed E-state index contributed by atoms with van der Waals surface area (Å²) in [5.74, 6) is 1.49. The van der Waals surface area contributed by atoms with E-state index in [9.17, 15) is 0 Å². The smallest absolute Gasteiger partial charge is 0.0991 e. The van der Waals surface area contributed by atoms with Gasteiger partial charge in [0.2, 0.25) is 0 Å². The van der Waals surface area contributed by atoms with E-state index in [1.165, 1.54) is 25.9 Å². The fourth-order valence-electron chi connectivity index (χ4n) is 1.89. The van der Waals surface area contributed by atoms with Gasteiger partial charge in [-0.25, -0.2) is 0 Å². The largest absolute Gasteiger partial charge is 0.387 e. The van der Waals surface area contributed by atoms with Crippen LogP contribution < -0.4 is 5.73 Å². The molecule has 0 bridgehead atoms. The average molecular weight is 211 g/mol. The summed E-state index contributed by atoms with van der Waals surface area (Å²) in [4.78, 5) is 6.91. The standard InChI is InChI=1S/C12H25N3/c1-12(2,3)11(13)14-8-10-6-5-7-15(4)9-10/h10H,5-9H2,1-4H3,(H2,13,14). The molecule has 15 heavy (non-hydrogen) atoms. The Hall–Kier alpha value is -0.570. The van der Waals surface area contributed by atoms with Gasteiger partial charge in [-0.15, -0.1) is 0 Å². The quantitative estimate of drug-likeness (QED) is 0.558. The monoisotopic (exact) mass is 211 g/mol. The van der Waals surface area contributed by atoms with Crippen molar-refractivity contribution in [3.05, 3.63) is 0 Å². The highest BCUT2D eigenvalue weighted by molar-refractivity contribution is 5.85. The van der Waals surface area contributed by atoms with Crippen molar-refractivity contribution >= 4 is 5.84 Å². The molecule has 0 aromatic carbocycles. The van der Waals surface area contributed by atoms with Crippen LogP contribution in [0.4, 0.5) is 0 Å². The fraction of sp³-hybridized carbons (Fsp3) is 0.917. The molecule has 1 fully saturated rings. The minimum absolute atomic E-state index is 0.0145. The first-order valence-corrected chi connectivity index (χ1v) is 5.88. The second-order valence-electron chi connectivity index (χ2n) is 5.75. The molecule has 1 atom stereocenters. The summed E-state index contributed by atoms with van der Waals surface area (Å²) in [6, 6.07) is 0. The van der Waals surface area contributed by atoms with Crippen LogP contribution in [0.1, 0.15) is 33.6 Å². The van der Waals surface area contributed by atoms with Gasteiger partial charge in [-0.2, -0.15) is 0 Å². The van der Waals surface area contributed by atoms with Crippen LogP contribution in [0.3, 0.4) is 0 Å². The zero-order valence-corrected chi connectivity index (χ0v) is 10.6. The first kappa shape index (κ1) is 12.5. The molecule has 1 heterocycles. The van der Waals surface area contributed by atoms with Gasteiger partial charge in [0.1, 0.15) is 0 Å². The minimum atomic E-state index is 0.0145. The van der Waals surface area contributed by atoms with E-state index in [2.05, 4.69) is 37.7 Å². The maximum atomic E-state index is 5.94. The second kappa shape index (κ2) is 4.97. The Kier molecular flexibility index (Phi) is 4.14. The number of rotatable bonds is 2. The van der Waals surface area contributed by atoms with Crippen molar-refractivity contribution in [2.75, 3.05) is 26.7 Å². The number of hydrogen-bond acceptors (Lipinski definition) is 2. The van der Waals surface area contributed by atoms with Gasteiger partial charge in [0, 0.05) is 18.5 Å². The molecule has 0 saturated carbocycles. The molecule has 1 aliphatic rings. The predicted octanol–water partition coefficient (Wildman–Crippen LogP) is 1.73. The Morgan fingerprint density at radius 1 is 1.47 bits per heavy atom. The Morgan fingerprint density at radius 2 is 2.13 bits per heavy atom. The first-order valence-electron chi connectivity index (χ1n) is 5.88. The molecule has 0 radical (unpaired) electrons. The molecule has 0 aliphatic carbocycles. The van der Waals surface area contributed by atoms with Crippen LogP contribution in [-0.2, 0) is 0 Å². The van der Waals surface area contributed by atoms with E-state index in [0.717, 1.165) is 12.4 Å². The molecular formula is C12H25N3. The lowest BCUT2D eigenvalue weighted by atomic mass is 9.94. The number of hydrogen-bond donors (Lipinski definition) is 1. The van der Waals surface area contributed by atoms with Crippen molar-refractivity contribution in [2.24, 2.45) is 22.1 Å². The first-order chi connectivity index (χ1) is 6.89. The maximum Gasteiger partial charge on any atom is 0.0991 e. The number of amidine groups is 1. The third-order valence-electron chi connectivity index (χ3n) is 3.01. The second-order valence-corrected chi connectivity index (χ2v) is 5.75. The molecule has 1 aliphatic heterocycles. The van der Waals surface area contributed by atoms with Crippen LogP contribution in [0.15, 0.2) is 4.99 Å². The molecule has 1 unspecified atom stereocenters. The van der Waals surface area contributed by atoms with E-state index in [0.29, 0.717) is 5.92 Å². The zero-order valence-electron chi connectivity index (χ0n) is 10.6. The van der Waals surface area contributed by atoms with E-state index in [1.54, 1.807) is 0 Å². The zero-order chi connectivity index (χ0) is 11.5. The van der Waals surface area contributed by atoms with Gasteiger partial charge in [-0.05, 0) is 32.4 Å². The number of nitrogens with zero attached hydrogens (tertiary/aromatic N) is 2. The van der Waals surface area contributed by atoms with Crippen LogP contribution in [0.25, 0.3) is 0 Å². The molecule has 3 heteroatoms. The fourth-order valence-corrected chi connectivity index (χ4v) is 1.89. The lowest BCUT2D eigenvalue weighted by Gasteiger charge is -2.29. The Morgan fingerprint density at radius 3 is 2.67 bits per heavy atom. The SMILES string of the molecule is CN1CCCC(CN=C(N)C(C)(C)C)C1. The third kappa shape index (κ3) is 4.20. The maximum absolute atomic E-state index is 5.94. The van der Waals surface area contributed by atoms with Crippen molar-refractivity contribution < 1.29 is 0 Å². The lowest BCUT2D eigenvalue weighted by molar-refractivity contribution is 0.214. The highest BCUT2D eigenvalue weighted by Gasteiger charge is 2.19. The highest BCUT2D eigenvalue weighted by Crippen LogP contribution is 2.17. The van der Waals surface area contributed by atoms with E-state index >= 15 is 0 Å². The number of piperidine rings is 1. The summed E-state index contributed by atoms with van der Waals surface area (Å²) in [6.07, 6.45) is 2.59. The van der Waals surface area contributed by atoms with Crippen molar-refractivity contribution in [3.8, 4) is 0 Å². The lowest BCUT2D eigenvalue weighted by Crippen LogP contribution is -2.35.